The topological polar surface area (TPSA) is 95.5 Å². The van der Waals surface area contributed by atoms with Gasteiger partial charge in [-0.05, 0) is 36.6 Å². The third-order valence-electron chi connectivity index (χ3n) is 5.03. The summed E-state index contributed by atoms with van der Waals surface area (Å²) in [4.78, 5) is 35.6. The molecule has 0 aromatic heterocycles. The predicted molar refractivity (Wildman–Crippen MR) is 89.8 cm³/mol. The van der Waals surface area contributed by atoms with Crippen LogP contribution >= 0.6 is 0 Å². The maximum atomic E-state index is 12.4. The Balaban J connectivity index is 1.69. The molecule has 1 fully saturated rings. The Morgan fingerprint density at radius 2 is 1.88 bits per heavy atom. The zero-order valence-electron chi connectivity index (χ0n) is 13.6. The monoisotopic (exact) mass is 330 g/mol. The highest BCUT2D eigenvalue weighted by molar-refractivity contribution is 6.00. The summed E-state index contributed by atoms with van der Waals surface area (Å²) >= 11 is 0. The first kappa shape index (κ1) is 16.5. The van der Waals surface area contributed by atoms with Crippen molar-refractivity contribution in [3.05, 3.63) is 23.8 Å². The largest absolute Gasteiger partial charge is 0.481 e. The van der Waals surface area contributed by atoms with Crippen molar-refractivity contribution in [1.29, 1.82) is 0 Å². The average molecular weight is 330 g/mol. The molecular weight excluding hydrogens is 308 g/mol. The van der Waals surface area contributed by atoms with E-state index in [2.05, 4.69) is 10.6 Å². The van der Waals surface area contributed by atoms with Gasteiger partial charge in [0.25, 0.3) is 0 Å². The summed E-state index contributed by atoms with van der Waals surface area (Å²) in [6.07, 6.45) is 5.18. The molecule has 0 unspecified atom stereocenters. The lowest BCUT2D eigenvalue weighted by Crippen LogP contribution is -2.35. The number of carbonyl (C=O) groups is 3. The van der Waals surface area contributed by atoms with Gasteiger partial charge in [0.05, 0.1) is 11.8 Å². The van der Waals surface area contributed by atoms with Gasteiger partial charge in [-0.25, -0.2) is 0 Å². The van der Waals surface area contributed by atoms with Gasteiger partial charge in [-0.2, -0.15) is 0 Å². The molecule has 1 aliphatic carbocycles. The maximum absolute atomic E-state index is 12.4. The molecule has 6 nitrogen and oxygen atoms in total. The number of anilines is 2. The van der Waals surface area contributed by atoms with Gasteiger partial charge in [0.2, 0.25) is 11.8 Å². The van der Waals surface area contributed by atoms with Gasteiger partial charge in [-0.15, -0.1) is 0 Å². The molecule has 0 bridgehead atoms. The van der Waals surface area contributed by atoms with Crippen molar-refractivity contribution in [3.63, 3.8) is 0 Å². The zero-order valence-corrected chi connectivity index (χ0v) is 13.6. The first-order valence-corrected chi connectivity index (χ1v) is 8.45. The highest BCUT2D eigenvalue weighted by atomic mass is 16.4. The van der Waals surface area contributed by atoms with Crippen LogP contribution in [-0.4, -0.2) is 22.9 Å². The normalized spacial score (nSPS) is 19.1. The fraction of sp³-hybridized carbons (Fsp3) is 0.500. The van der Waals surface area contributed by atoms with Gasteiger partial charge in [-0.1, -0.05) is 25.7 Å². The number of hydrogen-bond donors (Lipinski definition) is 3. The molecule has 6 heteroatoms. The minimum atomic E-state index is -0.950. The molecule has 0 radical (unpaired) electrons. The fourth-order valence-corrected chi connectivity index (χ4v) is 3.69. The van der Waals surface area contributed by atoms with Crippen molar-refractivity contribution in [1.82, 2.24) is 0 Å². The van der Waals surface area contributed by atoms with Crippen molar-refractivity contribution in [2.24, 2.45) is 5.41 Å². The van der Waals surface area contributed by atoms with E-state index < -0.39 is 11.4 Å². The van der Waals surface area contributed by atoms with Crippen molar-refractivity contribution in [2.45, 2.75) is 51.4 Å². The van der Waals surface area contributed by atoms with E-state index in [-0.39, 0.29) is 18.2 Å². The van der Waals surface area contributed by atoms with Crippen LogP contribution in [0.15, 0.2) is 18.2 Å². The van der Waals surface area contributed by atoms with E-state index in [9.17, 15) is 19.5 Å². The third kappa shape index (κ3) is 3.42. The Kier molecular flexibility index (Phi) is 4.55. The van der Waals surface area contributed by atoms with Crippen molar-refractivity contribution < 1.29 is 19.5 Å². The summed E-state index contributed by atoms with van der Waals surface area (Å²) in [5.74, 6) is -1.21. The molecule has 0 saturated heterocycles. The van der Waals surface area contributed by atoms with Crippen molar-refractivity contribution in [3.8, 4) is 0 Å². The van der Waals surface area contributed by atoms with Crippen molar-refractivity contribution in [2.75, 3.05) is 10.6 Å². The lowest BCUT2D eigenvalue weighted by Gasteiger charge is -2.27. The summed E-state index contributed by atoms with van der Waals surface area (Å²) < 4.78 is 0. The SMILES string of the molecule is O=C(CC1(C(=O)O)CCCCCC1)Nc1ccc2c(c1)CC(=O)N2. The molecule has 1 aromatic carbocycles. The standard InChI is InChI=1S/C18H22N2O4/c21-15-10-12-9-13(5-6-14(12)20-15)19-16(22)11-18(17(23)24)7-3-1-2-4-8-18/h5-6,9H,1-4,7-8,10-11H2,(H,19,22)(H,20,21)(H,23,24). The quantitative estimate of drug-likeness (QED) is 0.740. The second-order valence-electron chi connectivity index (χ2n) is 6.82. The molecule has 0 spiro atoms. The number of amides is 2. The minimum absolute atomic E-state index is 0.00337. The molecular formula is C18H22N2O4. The molecule has 1 saturated carbocycles. The zero-order chi connectivity index (χ0) is 17.2. The lowest BCUT2D eigenvalue weighted by molar-refractivity contribution is -0.152. The van der Waals surface area contributed by atoms with E-state index >= 15 is 0 Å². The van der Waals surface area contributed by atoms with Crippen molar-refractivity contribution >= 4 is 29.2 Å². The summed E-state index contributed by atoms with van der Waals surface area (Å²) in [5, 5.41) is 15.2. The Labute approximate surface area is 140 Å². The summed E-state index contributed by atoms with van der Waals surface area (Å²) in [6.45, 7) is 0. The van der Waals surface area contributed by atoms with Gasteiger partial charge in [0, 0.05) is 17.8 Å². The van der Waals surface area contributed by atoms with Crippen LogP contribution in [0.5, 0.6) is 0 Å². The first-order valence-electron chi connectivity index (χ1n) is 8.45. The number of benzene rings is 1. The molecule has 24 heavy (non-hydrogen) atoms. The van der Waals surface area contributed by atoms with E-state index in [0.29, 0.717) is 24.9 Å². The highest BCUT2D eigenvalue weighted by Crippen LogP contribution is 2.39. The average Bonchev–Trinajstić information content (AvgIpc) is 2.73. The molecule has 2 amide bonds. The van der Waals surface area contributed by atoms with Crippen LogP contribution in [0.25, 0.3) is 0 Å². The predicted octanol–water partition coefficient (Wildman–Crippen LogP) is 2.94. The number of nitrogens with one attached hydrogen (secondary N) is 2. The summed E-state index contributed by atoms with van der Waals surface area (Å²) in [7, 11) is 0. The number of aliphatic carboxylic acids is 1. The first-order chi connectivity index (χ1) is 11.5. The Morgan fingerprint density at radius 1 is 1.17 bits per heavy atom. The number of carboxylic acid groups (broad SMARTS) is 1. The molecule has 0 atom stereocenters. The Bertz CT molecular complexity index is 676. The summed E-state index contributed by atoms with van der Waals surface area (Å²) in [5.41, 5.74) is 1.27. The molecule has 2 aliphatic rings. The molecule has 1 aliphatic heterocycles. The third-order valence-corrected chi connectivity index (χ3v) is 5.03. The van der Waals surface area contributed by atoms with Crippen LogP contribution in [0.4, 0.5) is 11.4 Å². The van der Waals surface area contributed by atoms with Gasteiger partial charge >= 0.3 is 5.97 Å². The molecule has 1 heterocycles. The second kappa shape index (κ2) is 6.63. The van der Waals surface area contributed by atoms with Crippen LogP contribution < -0.4 is 10.6 Å². The Morgan fingerprint density at radius 3 is 2.54 bits per heavy atom. The van der Waals surface area contributed by atoms with Gasteiger partial charge in [0.15, 0.2) is 0 Å². The number of fused-ring (bicyclic) bond motifs is 1. The van der Waals surface area contributed by atoms with Crippen LogP contribution in [0.3, 0.4) is 0 Å². The van der Waals surface area contributed by atoms with Gasteiger partial charge in [-0.3, -0.25) is 14.4 Å². The number of carbonyl (C=O) groups excluding carboxylic acids is 2. The van der Waals surface area contributed by atoms with Gasteiger partial charge < -0.3 is 15.7 Å². The van der Waals surface area contributed by atoms with Crippen LogP contribution in [0.2, 0.25) is 0 Å². The Hall–Kier alpha value is -2.37. The minimum Gasteiger partial charge on any atom is -0.481 e. The smallest absolute Gasteiger partial charge is 0.310 e. The van der Waals surface area contributed by atoms with Crippen LogP contribution in [0.1, 0.15) is 50.5 Å². The number of rotatable bonds is 4. The van der Waals surface area contributed by atoms with E-state index in [1.807, 2.05) is 0 Å². The number of hydrogen-bond acceptors (Lipinski definition) is 3. The van der Waals surface area contributed by atoms with Gasteiger partial charge in [0.1, 0.15) is 0 Å². The molecule has 3 N–H and O–H groups in total. The lowest BCUT2D eigenvalue weighted by atomic mass is 9.77. The fourth-order valence-electron chi connectivity index (χ4n) is 3.69. The van der Waals surface area contributed by atoms with E-state index in [1.165, 1.54) is 0 Å². The van der Waals surface area contributed by atoms with Crippen LogP contribution in [0, 0.1) is 5.41 Å². The van der Waals surface area contributed by atoms with E-state index in [0.717, 1.165) is 36.9 Å². The van der Waals surface area contributed by atoms with Crippen LogP contribution in [-0.2, 0) is 20.8 Å². The molecule has 3 rings (SSSR count). The maximum Gasteiger partial charge on any atom is 0.310 e. The number of carboxylic acids is 1. The molecule has 1 aromatic rings. The molecule has 128 valence electrons. The highest BCUT2D eigenvalue weighted by Gasteiger charge is 2.40. The van der Waals surface area contributed by atoms with E-state index in [1.54, 1.807) is 18.2 Å². The summed E-state index contributed by atoms with van der Waals surface area (Å²) in [6, 6.07) is 5.25. The second-order valence-corrected chi connectivity index (χ2v) is 6.82. The van der Waals surface area contributed by atoms with E-state index in [4.69, 9.17) is 0 Å².